The summed E-state index contributed by atoms with van der Waals surface area (Å²) in [6.45, 7) is 84.9. The van der Waals surface area contributed by atoms with E-state index in [-0.39, 0.29) is 51.4 Å². The molecule has 4 aliphatic heterocycles. The Hall–Kier alpha value is -7.04. The summed E-state index contributed by atoms with van der Waals surface area (Å²) in [7, 11) is 4.09. The summed E-state index contributed by atoms with van der Waals surface area (Å²) in [6.07, 6.45) is 4.25. The van der Waals surface area contributed by atoms with Crippen molar-refractivity contribution in [3.05, 3.63) is 402 Å². The van der Waals surface area contributed by atoms with Gasteiger partial charge in [0.25, 0.3) is 0 Å². The Morgan fingerprint density at radius 2 is 0.399 bits per heavy atom. The van der Waals surface area contributed by atoms with E-state index in [9.17, 15) is 4.39 Å². The van der Waals surface area contributed by atoms with E-state index in [1.807, 2.05) is 52.0 Å². The number of aryl methyl sites for hydroxylation is 6. The first-order valence-electron chi connectivity index (χ1n) is 50.5. The summed E-state index contributed by atoms with van der Waals surface area (Å²) < 4.78 is 20.8. The molecule has 143 heavy (non-hydrogen) atoms. The number of anilines is 8. The second-order valence-electron chi connectivity index (χ2n) is 39.8. The predicted molar refractivity (Wildman–Crippen MR) is 610 cm³/mol. The van der Waals surface area contributed by atoms with E-state index in [1.165, 1.54) is 365 Å². The van der Waals surface area contributed by atoms with Crippen LogP contribution in [0.2, 0.25) is 0 Å². The molecule has 0 bridgehead atoms. The molecule has 1 N–H and O–H groups in total. The second-order valence-corrected chi connectivity index (χ2v) is 40.4. The number of hydrogen-bond acceptors (Lipinski definition) is 10. The van der Waals surface area contributed by atoms with Crippen molar-refractivity contribution in [3.63, 3.8) is 0 Å². The van der Waals surface area contributed by atoms with Gasteiger partial charge < -0.3 is 30.2 Å². The minimum absolute atomic E-state index is 0. The number of nitrogens with one attached hydrogen (secondary N) is 1. The van der Waals surface area contributed by atoms with E-state index < -0.39 is 8.25 Å². The molecule has 2 aromatic heterocycles. The van der Waals surface area contributed by atoms with Crippen LogP contribution in [-0.2, 0) is 34.9 Å². The van der Waals surface area contributed by atoms with E-state index in [4.69, 9.17) is 14.7 Å². The number of aromatic nitrogens is 2. The number of nitrogens with zero attached hydrogens (tertiary/aromatic N) is 5. The van der Waals surface area contributed by atoms with Crippen molar-refractivity contribution >= 4 is 117 Å². The summed E-state index contributed by atoms with van der Waals surface area (Å²) in [5.41, 5.74) is 81.7. The van der Waals surface area contributed by atoms with Gasteiger partial charge in [0, 0.05) is 115 Å². The van der Waals surface area contributed by atoms with E-state index in [1.54, 1.807) is 0 Å². The second kappa shape index (κ2) is 54.4. The Balaban J connectivity index is 0.000000223. The normalized spacial score (nSPS) is 11.6. The maximum atomic E-state index is 9.50. The molecule has 1 atom stereocenters. The van der Waals surface area contributed by atoms with Crippen LogP contribution in [0.3, 0.4) is 0 Å². The average molecular weight is 2010 g/mol. The van der Waals surface area contributed by atoms with Gasteiger partial charge in [0.1, 0.15) is 0 Å². The van der Waals surface area contributed by atoms with Crippen molar-refractivity contribution in [1.29, 1.82) is 0 Å². The standard InChI is InChI=1S/3C22H29N.C21H27N.2C12H10.2C8H11N.CH3F.3K.HO4P/c3*1-11-13(3)17(7)21-19(15(11)5)10-20-16(6)12(2)14(4)18(8)22(20)23(21)9;1-10-12(3)16(7)20-18(14(10)5)9-19-15(6)11(2)13(4)17(8)21(19)22-20;2*1-3-7-11(8-4-1)12-9-5-2-6-10-12;2*1-6-4-7(2)9-8(3)5-6;1-2;;;;1-4-5(2)3/h3*10H2,1-9H3;22H,9H2,1-8H3;2*1-10H;2*4-5H,1-3H3;1H3;;;;1H/q;;;;;;;;;;;+1;/p-1. The van der Waals surface area contributed by atoms with E-state index >= 15 is 0 Å². The summed E-state index contributed by atoms with van der Waals surface area (Å²) in [5, 5.41) is 12.3. The van der Waals surface area contributed by atoms with Gasteiger partial charge in [-0.05, 0) is 548 Å². The fraction of sp³-hybridized carbons (Fsp3) is 0.359. The number of rotatable bonds is 3. The van der Waals surface area contributed by atoms with Crippen LogP contribution in [0.25, 0.3) is 22.3 Å². The Morgan fingerprint density at radius 1 is 0.259 bits per heavy atom. The number of fused-ring (bicyclic) bond motifs is 8. The molecule has 0 fully saturated rings. The van der Waals surface area contributed by atoms with Gasteiger partial charge >= 0.3 is 123 Å². The van der Waals surface area contributed by atoms with Gasteiger partial charge in [-0.3, -0.25) is 14.4 Å². The van der Waals surface area contributed by atoms with Crippen LogP contribution >= 0.6 is 8.25 Å². The number of hydrogen-bond donors (Lipinski definition) is 1. The molecule has 0 spiro atoms. The topological polar surface area (TPSA) is 120 Å². The van der Waals surface area contributed by atoms with Crippen molar-refractivity contribution in [1.82, 2.24) is 9.97 Å². The molecule has 0 saturated carbocycles. The Bertz CT molecular complexity index is 6000. The quantitative estimate of drug-likeness (QED) is 0.0792. The smallest absolute Gasteiger partial charge is 0.0184 e. The first kappa shape index (κ1) is 123. The third-order valence-electron chi connectivity index (χ3n) is 32.3. The molecule has 1 unspecified atom stereocenters. The van der Waals surface area contributed by atoms with Crippen molar-refractivity contribution in [3.8, 4) is 22.3 Å². The molecular weight excluding hydrogens is 1850 g/mol. The molecule has 0 amide bonds. The van der Waals surface area contributed by atoms with Crippen molar-refractivity contribution in [2.45, 2.75) is 289 Å². The number of halogens is 1. The molecule has 4 aliphatic rings. The molecule has 10 nitrogen and oxygen atoms in total. The van der Waals surface area contributed by atoms with Crippen LogP contribution in [0.4, 0.5) is 49.9 Å². The summed E-state index contributed by atoms with van der Waals surface area (Å²) in [5.74, 6) is 0. The molecule has 18 rings (SSSR count). The zero-order chi connectivity index (χ0) is 106. The average Bonchev–Trinajstić information content (AvgIpc) is 0.720. The molecule has 0 radical (unpaired) electrons. The Labute approximate surface area is 950 Å². The van der Waals surface area contributed by atoms with Crippen LogP contribution < -0.4 is 81.6 Å². The van der Waals surface area contributed by atoms with Crippen molar-refractivity contribution < 1.29 is 75.2 Å². The summed E-state index contributed by atoms with van der Waals surface area (Å²) in [4.78, 5) is 24.7. The number of benzene rings is 12. The summed E-state index contributed by atoms with van der Waals surface area (Å²) >= 11 is 2.50. The van der Waals surface area contributed by atoms with Crippen molar-refractivity contribution in [2.75, 3.05) is 48.3 Å². The zero-order valence-corrected chi connectivity index (χ0v) is 106. The number of alkyl halides is 1. The van der Waals surface area contributed by atoms with Gasteiger partial charge in [-0.2, -0.15) is 0 Å². The van der Waals surface area contributed by atoms with Gasteiger partial charge in [-0.15, -0.1) is 0 Å². The molecule has 14 aromatic rings. The third-order valence-corrected chi connectivity index (χ3v) is 32.4. The molecule has 15 heteroatoms. The Morgan fingerprint density at radius 3 is 0.552 bits per heavy atom. The van der Waals surface area contributed by atoms with Gasteiger partial charge in [-0.25, -0.2) is 4.67 Å². The SMILES string of the molecule is CF.Cc1c(C)c(C)c2c(c1C)Cc1c(C)c(C)c(C)c(C)c1N2.Cc1c(C)c(C)c2c(c1C)Cc1c(C)c(C)c(C)c(C)c1N2C.Cc1c(C)c(C)c2c(c1C)Cc1c(C)c(C)c(C)c(C)c1N2C.Cc1c(C)c(C)c2c(c1C)Cc1c(C)c(C)c(C)c(C)c1N2C.Cc1cc(C)nc(C)c1.Cc1cc(C)nc(C)c1.O=[P+]([O-])O[O-].[K+].[K][K].c1ccc(-c2ccccc2)cc1.c1ccc(-c2ccccc2)cc1. The molecule has 0 saturated heterocycles. The minimum atomic E-state index is -3.15. The van der Waals surface area contributed by atoms with Gasteiger partial charge in [0.05, 0.1) is 7.18 Å². The van der Waals surface area contributed by atoms with Gasteiger partial charge in [0.15, 0.2) is 0 Å². The molecular formula is C128H159FK3N6O4P. The summed E-state index contributed by atoms with van der Waals surface area (Å²) in [6, 6.07) is 49.9. The third kappa shape index (κ3) is 27.4. The van der Waals surface area contributed by atoms with Crippen LogP contribution in [-0.4, -0.2) is 101 Å². The molecule has 6 heterocycles. The van der Waals surface area contributed by atoms with Crippen LogP contribution in [0.1, 0.15) is 256 Å². The van der Waals surface area contributed by atoms with Crippen LogP contribution in [0, 0.1) is 263 Å². The van der Waals surface area contributed by atoms with Crippen LogP contribution in [0.5, 0.6) is 0 Å². The predicted octanol–water partition coefficient (Wildman–Crippen LogP) is 29.1. The monoisotopic (exact) mass is 2010 g/mol. The minimum Gasteiger partial charge on any atom is -0.0622 e. The van der Waals surface area contributed by atoms with Gasteiger partial charge in [0.2, 0.25) is 0 Å². The molecule has 12 aromatic carbocycles. The maximum absolute atomic E-state index is 9.50. The molecule has 740 valence electrons. The first-order valence-corrected chi connectivity index (χ1v) is 67.5. The van der Waals surface area contributed by atoms with E-state index in [2.05, 4.69) is 413 Å². The number of pyridine rings is 2. The fourth-order valence-electron chi connectivity index (χ4n) is 21.6. The van der Waals surface area contributed by atoms with Crippen LogP contribution in [0.15, 0.2) is 146 Å². The van der Waals surface area contributed by atoms with Crippen molar-refractivity contribution in [2.24, 2.45) is 0 Å². The molecule has 0 aliphatic carbocycles. The largest absolute Gasteiger partial charge is 0.0622 e. The van der Waals surface area contributed by atoms with Gasteiger partial charge in [-0.1, -0.05) is 121 Å². The van der Waals surface area contributed by atoms with E-state index in [0.29, 0.717) is 7.18 Å². The Kier molecular flexibility index (Phi) is 46.8. The maximum Gasteiger partial charge on any atom is -0.0184 e. The fourth-order valence-corrected chi connectivity index (χ4v) is 21.6. The first-order chi connectivity index (χ1) is 66.9. The van der Waals surface area contributed by atoms with E-state index in [0.717, 1.165) is 48.5 Å². The zero-order valence-electron chi connectivity index (χ0n) is 95.9.